The van der Waals surface area contributed by atoms with Crippen molar-refractivity contribution in [1.29, 1.82) is 0 Å². The van der Waals surface area contributed by atoms with Gasteiger partial charge in [0.05, 0.1) is 6.20 Å². The van der Waals surface area contributed by atoms with Gasteiger partial charge in [-0.25, -0.2) is 18.2 Å². The first-order valence-corrected chi connectivity index (χ1v) is 13.5. The Morgan fingerprint density at radius 3 is 2.39 bits per heavy atom. The quantitative estimate of drug-likeness (QED) is 0.345. The van der Waals surface area contributed by atoms with E-state index >= 15 is 0 Å². The summed E-state index contributed by atoms with van der Waals surface area (Å²) in [5.74, 6) is 0.425. The van der Waals surface area contributed by atoms with Crippen LogP contribution in [-0.2, 0) is 22.9 Å². The van der Waals surface area contributed by atoms with E-state index in [1.807, 2.05) is 44.2 Å². The zero-order valence-corrected chi connectivity index (χ0v) is 21.4. The van der Waals surface area contributed by atoms with Crippen LogP contribution in [0.3, 0.4) is 0 Å². The number of phenols is 1. The molecule has 2 N–H and O–H groups in total. The summed E-state index contributed by atoms with van der Waals surface area (Å²) >= 11 is 0. The van der Waals surface area contributed by atoms with Crippen molar-refractivity contribution in [3.8, 4) is 17.1 Å². The molecule has 0 bridgehead atoms. The Labute approximate surface area is 212 Å². The van der Waals surface area contributed by atoms with Gasteiger partial charge in [-0.3, -0.25) is 4.90 Å². The number of hydrogen-bond acceptors (Lipinski definition) is 6. The molecule has 0 aliphatic carbocycles. The van der Waals surface area contributed by atoms with Crippen LogP contribution < -0.4 is 0 Å². The second kappa shape index (κ2) is 12.5. The SMILES string of the molecule is CCC(C)CN(CS(=O)(=O)N(CCc1ncc(-c2ccccc2)o1)CCc1ccccc1O)C(=O)O. The van der Waals surface area contributed by atoms with Gasteiger partial charge in [0.1, 0.15) is 11.6 Å². The molecule has 1 heterocycles. The Balaban J connectivity index is 1.77. The van der Waals surface area contributed by atoms with Gasteiger partial charge in [0.2, 0.25) is 10.0 Å². The van der Waals surface area contributed by atoms with Gasteiger partial charge in [0.25, 0.3) is 0 Å². The van der Waals surface area contributed by atoms with E-state index in [1.54, 1.807) is 30.5 Å². The van der Waals surface area contributed by atoms with Crippen LogP contribution in [0.1, 0.15) is 31.7 Å². The summed E-state index contributed by atoms with van der Waals surface area (Å²) < 4.78 is 33.8. The molecular weight excluding hydrogens is 482 g/mol. The van der Waals surface area contributed by atoms with E-state index in [9.17, 15) is 23.4 Å². The summed E-state index contributed by atoms with van der Waals surface area (Å²) in [7, 11) is -3.99. The maximum atomic E-state index is 13.4. The smallest absolute Gasteiger partial charge is 0.408 e. The summed E-state index contributed by atoms with van der Waals surface area (Å²) in [6.07, 6.45) is 1.54. The number of oxazole rings is 1. The Bertz CT molecular complexity index is 1230. The van der Waals surface area contributed by atoms with E-state index in [0.717, 1.165) is 16.9 Å². The molecule has 3 aromatic rings. The molecule has 0 radical (unpaired) electrons. The highest BCUT2D eigenvalue weighted by Gasteiger charge is 2.28. The van der Waals surface area contributed by atoms with Crippen molar-refractivity contribution in [2.75, 3.05) is 25.5 Å². The van der Waals surface area contributed by atoms with Crippen molar-refractivity contribution in [2.45, 2.75) is 33.1 Å². The number of carboxylic acid groups (broad SMARTS) is 1. The molecule has 3 rings (SSSR count). The van der Waals surface area contributed by atoms with Gasteiger partial charge in [-0.2, -0.15) is 4.31 Å². The fourth-order valence-corrected chi connectivity index (χ4v) is 5.22. The van der Waals surface area contributed by atoms with Gasteiger partial charge in [-0.15, -0.1) is 0 Å². The number of sulfonamides is 1. The number of carbonyl (C=O) groups is 1. The third-order valence-corrected chi connectivity index (χ3v) is 7.81. The molecule has 2 aromatic carbocycles. The molecule has 0 fully saturated rings. The molecule has 194 valence electrons. The van der Waals surface area contributed by atoms with Gasteiger partial charge in [-0.1, -0.05) is 68.8 Å². The average molecular weight is 516 g/mol. The topological polar surface area (TPSA) is 124 Å². The van der Waals surface area contributed by atoms with Crippen LogP contribution in [0.4, 0.5) is 4.79 Å². The van der Waals surface area contributed by atoms with E-state index in [1.165, 1.54) is 4.31 Å². The van der Waals surface area contributed by atoms with Crippen LogP contribution in [-0.4, -0.2) is 64.4 Å². The number of aromatic hydroxyl groups is 1. The number of aromatic nitrogens is 1. The lowest BCUT2D eigenvalue weighted by Gasteiger charge is -2.27. The van der Waals surface area contributed by atoms with Crippen LogP contribution in [0.15, 0.2) is 65.2 Å². The second-order valence-corrected chi connectivity index (χ2v) is 10.7. The van der Waals surface area contributed by atoms with Gasteiger partial charge in [0, 0.05) is 31.6 Å². The molecule has 0 spiro atoms. The number of nitrogens with zero attached hydrogens (tertiary/aromatic N) is 3. The van der Waals surface area contributed by atoms with E-state index in [4.69, 9.17) is 4.42 Å². The Kier molecular flexibility index (Phi) is 9.49. The first-order chi connectivity index (χ1) is 17.2. The van der Waals surface area contributed by atoms with Crippen molar-refractivity contribution in [1.82, 2.24) is 14.2 Å². The summed E-state index contributed by atoms with van der Waals surface area (Å²) in [5, 5.41) is 19.7. The maximum Gasteiger partial charge on any atom is 0.408 e. The molecular formula is C26H33N3O6S. The minimum Gasteiger partial charge on any atom is -0.508 e. The maximum absolute atomic E-state index is 13.4. The molecule has 9 nitrogen and oxygen atoms in total. The van der Waals surface area contributed by atoms with Crippen molar-refractivity contribution in [3.05, 3.63) is 72.2 Å². The van der Waals surface area contributed by atoms with E-state index in [2.05, 4.69) is 4.98 Å². The zero-order chi connectivity index (χ0) is 26.1. The number of phenolic OH excluding ortho intramolecular Hbond substituents is 1. The first kappa shape index (κ1) is 27.2. The predicted molar refractivity (Wildman–Crippen MR) is 137 cm³/mol. The van der Waals surface area contributed by atoms with E-state index in [-0.39, 0.29) is 44.1 Å². The number of amides is 1. The number of rotatable bonds is 13. The van der Waals surface area contributed by atoms with Gasteiger partial charge >= 0.3 is 6.09 Å². The first-order valence-electron chi connectivity index (χ1n) is 11.9. The zero-order valence-electron chi connectivity index (χ0n) is 20.6. The number of hydrogen-bond donors (Lipinski definition) is 2. The Morgan fingerprint density at radius 1 is 1.06 bits per heavy atom. The van der Waals surface area contributed by atoms with Gasteiger partial charge in [0.15, 0.2) is 11.7 Å². The summed E-state index contributed by atoms with van der Waals surface area (Å²) in [6.45, 7) is 4.06. The van der Waals surface area contributed by atoms with Crippen molar-refractivity contribution in [3.63, 3.8) is 0 Å². The molecule has 0 aliphatic rings. The lowest BCUT2D eigenvalue weighted by atomic mass is 10.1. The fourth-order valence-electron chi connectivity index (χ4n) is 3.71. The van der Waals surface area contributed by atoms with Crippen molar-refractivity contribution in [2.24, 2.45) is 5.92 Å². The van der Waals surface area contributed by atoms with E-state index < -0.39 is 22.0 Å². The normalized spacial score (nSPS) is 12.5. The summed E-state index contributed by atoms with van der Waals surface area (Å²) in [6, 6.07) is 16.2. The summed E-state index contributed by atoms with van der Waals surface area (Å²) in [5.41, 5.74) is 1.47. The van der Waals surface area contributed by atoms with Crippen molar-refractivity contribution < 1.29 is 27.8 Å². The third-order valence-electron chi connectivity index (χ3n) is 6.02. The van der Waals surface area contributed by atoms with Crippen LogP contribution >= 0.6 is 0 Å². The minimum atomic E-state index is -3.99. The largest absolute Gasteiger partial charge is 0.508 e. The number of para-hydroxylation sites is 1. The standard InChI is InChI=1S/C26H33N3O6S/c1-3-20(2)18-28(26(31)32)19-36(33,34)29(15-13-21-9-7-8-12-23(21)30)16-14-25-27-17-24(35-25)22-10-5-4-6-11-22/h4-12,17,20,30H,3,13-16,18-19H2,1-2H3,(H,31,32). The van der Waals surface area contributed by atoms with Crippen LogP contribution in [0, 0.1) is 5.92 Å². The van der Waals surface area contributed by atoms with Crippen molar-refractivity contribution >= 4 is 16.1 Å². The second-order valence-electron chi connectivity index (χ2n) is 8.77. The average Bonchev–Trinajstić information content (AvgIpc) is 3.33. The van der Waals surface area contributed by atoms with Gasteiger partial charge < -0.3 is 14.6 Å². The number of benzene rings is 2. The van der Waals surface area contributed by atoms with Crippen LogP contribution in [0.25, 0.3) is 11.3 Å². The molecule has 1 amide bonds. The summed E-state index contributed by atoms with van der Waals surface area (Å²) in [4.78, 5) is 17.0. The monoisotopic (exact) mass is 515 g/mol. The highest BCUT2D eigenvalue weighted by Crippen LogP contribution is 2.21. The van der Waals surface area contributed by atoms with Crippen LogP contribution in [0.2, 0.25) is 0 Å². The van der Waals surface area contributed by atoms with E-state index in [0.29, 0.717) is 17.2 Å². The molecule has 0 saturated heterocycles. The van der Waals surface area contributed by atoms with Gasteiger partial charge in [-0.05, 0) is 24.0 Å². The minimum absolute atomic E-state index is 0.0229. The van der Waals surface area contributed by atoms with Crippen LogP contribution in [0.5, 0.6) is 5.75 Å². The Hall–Kier alpha value is -3.37. The fraction of sp³-hybridized carbons (Fsp3) is 0.385. The lowest BCUT2D eigenvalue weighted by Crippen LogP contribution is -2.44. The highest BCUT2D eigenvalue weighted by molar-refractivity contribution is 7.89. The molecule has 0 aliphatic heterocycles. The molecule has 0 saturated carbocycles. The molecule has 1 atom stereocenters. The third kappa shape index (κ3) is 7.56. The lowest BCUT2D eigenvalue weighted by molar-refractivity contribution is 0.145. The Morgan fingerprint density at radius 2 is 1.72 bits per heavy atom. The molecule has 10 heteroatoms. The molecule has 1 unspecified atom stereocenters. The predicted octanol–water partition coefficient (Wildman–Crippen LogP) is 4.45. The molecule has 36 heavy (non-hydrogen) atoms. The molecule has 1 aromatic heterocycles. The highest BCUT2D eigenvalue weighted by atomic mass is 32.2.